The van der Waals surface area contributed by atoms with Gasteiger partial charge >= 0.3 is 0 Å². The van der Waals surface area contributed by atoms with Crippen LogP contribution in [0, 0.1) is 3.57 Å². The summed E-state index contributed by atoms with van der Waals surface area (Å²) >= 11 is 2.12. The van der Waals surface area contributed by atoms with Crippen LogP contribution in [0.25, 0.3) is 0 Å². The van der Waals surface area contributed by atoms with Crippen LogP contribution in [0.15, 0.2) is 18.2 Å². The molecule has 11 heavy (non-hydrogen) atoms. The Bertz CT molecular complexity index is 307. The van der Waals surface area contributed by atoms with Gasteiger partial charge in [0.15, 0.2) is 0 Å². The van der Waals surface area contributed by atoms with E-state index in [-0.39, 0.29) is 12.0 Å². The number of benzene rings is 1. The van der Waals surface area contributed by atoms with Gasteiger partial charge < -0.3 is 0 Å². The molecule has 1 aromatic carbocycles. The van der Waals surface area contributed by atoms with E-state index in [2.05, 4.69) is 22.6 Å². The molecule has 3 heteroatoms. The van der Waals surface area contributed by atoms with Crippen LogP contribution in [0.2, 0.25) is 0 Å². The van der Waals surface area contributed by atoms with E-state index in [9.17, 15) is 8.78 Å². The van der Waals surface area contributed by atoms with Crippen molar-refractivity contribution in [1.82, 2.24) is 0 Å². The number of hydrogen-bond donors (Lipinski definition) is 0. The second-order valence-electron chi connectivity index (χ2n) is 2.68. The van der Waals surface area contributed by atoms with Crippen molar-refractivity contribution in [1.29, 1.82) is 0 Å². The number of halogens is 3. The van der Waals surface area contributed by atoms with Crippen LogP contribution in [0.5, 0.6) is 0 Å². The minimum Gasteiger partial charge on any atom is -0.201 e. The van der Waals surface area contributed by atoms with Gasteiger partial charge in [-0.05, 0) is 40.3 Å². The molecule has 0 fully saturated rings. The van der Waals surface area contributed by atoms with Gasteiger partial charge in [0.05, 0.1) is 0 Å². The zero-order valence-electron chi connectivity index (χ0n) is 5.57. The van der Waals surface area contributed by atoms with Crippen molar-refractivity contribution in [2.45, 2.75) is 12.3 Å². The minimum atomic E-state index is -2.56. The van der Waals surface area contributed by atoms with Crippen LogP contribution >= 0.6 is 22.6 Å². The molecule has 0 aromatic heterocycles. The van der Waals surface area contributed by atoms with Crippen molar-refractivity contribution in [3.05, 3.63) is 32.9 Å². The third-order valence-electron chi connectivity index (χ3n) is 1.87. The van der Waals surface area contributed by atoms with Gasteiger partial charge in [-0.1, -0.05) is 6.07 Å². The van der Waals surface area contributed by atoms with E-state index in [1.54, 1.807) is 6.07 Å². The van der Waals surface area contributed by atoms with E-state index >= 15 is 0 Å². The molecule has 0 saturated carbocycles. The lowest BCUT2D eigenvalue weighted by Gasteiger charge is -2.29. The van der Waals surface area contributed by atoms with Gasteiger partial charge in [-0.2, -0.15) is 0 Å². The first-order valence-electron chi connectivity index (χ1n) is 3.26. The Morgan fingerprint density at radius 1 is 1.36 bits per heavy atom. The highest BCUT2D eigenvalue weighted by Gasteiger charge is 2.43. The van der Waals surface area contributed by atoms with Gasteiger partial charge in [0.1, 0.15) is 0 Å². The molecule has 0 saturated heterocycles. The van der Waals surface area contributed by atoms with E-state index in [0.717, 1.165) is 9.13 Å². The number of hydrogen-bond acceptors (Lipinski definition) is 0. The quantitative estimate of drug-likeness (QED) is 0.633. The molecule has 2 rings (SSSR count). The average Bonchev–Trinajstić information content (AvgIpc) is 1.85. The van der Waals surface area contributed by atoms with E-state index < -0.39 is 5.92 Å². The van der Waals surface area contributed by atoms with Gasteiger partial charge in [0.25, 0.3) is 5.92 Å². The maximum atomic E-state index is 12.7. The second kappa shape index (κ2) is 2.15. The molecule has 0 amide bonds. The Labute approximate surface area is 76.7 Å². The maximum absolute atomic E-state index is 12.7. The molecular weight excluding hydrogens is 261 g/mol. The lowest BCUT2D eigenvalue weighted by Crippen LogP contribution is -2.29. The van der Waals surface area contributed by atoms with E-state index in [1.807, 2.05) is 6.07 Å². The molecule has 0 spiro atoms. The number of alkyl halides is 2. The summed E-state index contributed by atoms with van der Waals surface area (Å²) in [4.78, 5) is 0. The van der Waals surface area contributed by atoms with Crippen molar-refractivity contribution >= 4 is 22.6 Å². The highest BCUT2D eigenvalue weighted by molar-refractivity contribution is 14.1. The standard InChI is InChI=1S/C8H5F2I/c9-8(10)4-5-3-6(11)1-2-7(5)8/h1-3H,4H2. The summed E-state index contributed by atoms with van der Waals surface area (Å²) in [6.45, 7) is 0. The Kier molecular flexibility index (Phi) is 1.46. The fraction of sp³-hybridized carbons (Fsp3) is 0.250. The van der Waals surface area contributed by atoms with Crippen molar-refractivity contribution in [2.24, 2.45) is 0 Å². The van der Waals surface area contributed by atoms with Crippen LogP contribution in [-0.2, 0) is 12.3 Å². The molecule has 0 nitrogen and oxygen atoms in total. The predicted octanol–water partition coefficient (Wildman–Crippen LogP) is 2.94. The largest absolute Gasteiger partial charge is 0.277 e. The van der Waals surface area contributed by atoms with Crippen LogP contribution in [0.4, 0.5) is 8.78 Å². The Morgan fingerprint density at radius 2 is 2.09 bits per heavy atom. The molecule has 0 radical (unpaired) electrons. The molecule has 0 bridgehead atoms. The summed E-state index contributed by atoms with van der Waals surface area (Å²) in [5.74, 6) is -2.56. The Hall–Kier alpha value is -0.190. The molecular formula is C8H5F2I. The molecule has 0 N–H and O–H groups in total. The summed E-state index contributed by atoms with van der Waals surface area (Å²) in [6, 6.07) is 5.04. The minimum absolute atomic E-state index is 0.0842. The van der Waals surface area contributed by atoms with Gasteiger partial charge in [-0.15, -0.1) is 0 Å². The predicted molar refractivity (Wildman–Crippen MR) is 46.8 cm³/mol. The van der Waals surface area contributed by atoms with Crippen LogP contribution in [-0.4, -0.2) is 0 Å². The molecule has 1 aliphatic rings. The Balaban J connectivity index is 2.51. The number of rotatable bonds is 0. The normalized spacial score (nSPS) is 18.8. The first kappa shape index (κ1) is 7.46. The average molecular weight is 266 g/mol. The topological polar surface area (TPSA) is 0 Å². The summed E-state index contributed by atoms with van der Waals surface area (Å²) in [6.07, 6.45) is -0.0842. The van der Waals surface area contributed by atoms with Gasteiger partial charge in [0, 0.05) is 15.6 Å². The first-order valence-corrected chi connectivity index (χ1v) is 4.34. The Morgan fingerprint density at radius 3 is 2.64 bits per heavy atom. The van der Waals surface area contributed by atoms with Crippen LogP contribution in [0.3, 0.4) is 0 Å². The lowest BCUT2D eigenvalue weighted by atomic mass is 9.85. The zero-order chi connectivity index (χ0) is 8.06. The van der Waals surface area contributed by atoms with Gasteiger partial charge in [-0.3, -0.25) is 0 Å². The molecule has 1 aromatic rings. The maximum Gasteiger partial charge on any atom is 0.277 e. The second-order valence-corrected chi connectivity index (χ2v) is 3.93. The highest BCUT2D eigenvalue weighted by atomic mass is 127. The van der Waals surface area contributed by atoms with Crippen LogP contribution < -0.4 is 0 Å². The number of fused-ring (bicyclic) bond motifs is 1. The van der Waals surface area contributed by atoms with E-state index in [4.69, 9.17) is 0 Å². The van der Waals surface area contributed by atoms with E-state index in [1.165, 1.54) is 6.07 Å². The van der Waals surface area contributed by atoms with Gasteiger partial charge in [0.2, 0.25) is 0 Å². The van der Waals surface area contributed by atoms with Crippen molar-refractivity contribution in [3.8, 4) is 0 Å². The molecule has 0 aliphatic heterocycles. The zero-order valence-corrected chi connectivity index (χ0v) is 7.73. The first-order chi connectivity index (χ1) is 5.09. The van der Waals surface area contributed by atoms with Gasteiger partial charge in [-0.25, -0.2) is 8.78 Å². The molecule has 0 unspecified atom stereocenters. The summed E-state index contributed by atoms with van der Waals surface area (Å²) < 4.78 is 26.3. The third-order valence-corrected chi connectivity index (χ3v) is 2.54. The fourth-order valence-electron chi connectivity index (χ4n) is 1.29. The lowest BCUT2D eigenvalue weighted by molar-refractivity contribution is -0.0288. The van der Waals surface area contributed by atoms with E-state index in [0.29, 0.717) is 0 Å². The van der Waals surface area contributed by atoms with Crippen molar-refractivity contribution in [3.63, 3.8) is 0 Å². The SMILES string of the molecule is FC1(F)Cc2cc(I)ccc21. The van der Waals surface area contributed by atoms with Crippen LogP contribution in [0.1, 0.15) is 11.1 Å². The summed E-state index contributed by atoms with van der Waals surface area (Å²) in [7, 11) is 0. The molecule has 58 valence electrons. The van der Waals surface area contributed by atoms with Crippen molar-refractivity contribution in [2.75, 3.05) is 0 Å². The molecule has 1 aliphatic carbocycles. The summed E-state index contributed by atoms with van der Waals surface area (Å²) in [5, 5.41) is 0. The smallest absolute Gasteiger partial charge is 0.201 e. The molecule has 0 heterocycles. The fourth-order valence-corrected chi connectivity index (χ4v) is 1.85. The summed E-state index contributed by atoms with van der Waals surface area (Å²) in [5.41, 5.74) is 1.000. The molecule has 0 atom stereocenters. The van der Waals surface area contributed by atoms with Crippen molar-refractivity contribution < 1.29 is 8.78 Å². The highest BCUT2D eigenvalue weighted by Crippen LogP contribution is 2.43. The third kappa shape index (κ3) is 1.06. The monoisotopic (exact) mass is 266 g/mol.